The van der Waals surface area contributed by atoms with E-state index in [0.29, 0.717) is 17.9 Å². The summed E-state index contributed by atoms with van der Waals surface area (Å²) >= 11 is 9.47. The van der Waals surface area contributed by atoms with E-state index in [1.54, 1.807) is 0 Å². The lowest BCUT2D eigenvalue weighted by Gasteiger charge is -2.23. The summed E-state index contributed by atoms with van der Waals surface area (Å²) in [5.74, 6) is 0. The van der Waals surface area contributed by atoms with Gasteiger partial charge in [0.1, 0.15) is 0 Å². The van der Waals surface area contributed by atoms with E-state index in [-0.39, 0.29) is 0 Å². The first kappa shape index (κ1) is 13.8. The monoisotopic (exact) mass is 302 g/mol. The van der Waals surface area contributed by atoms with Gasteiger partial charge in [-0.25, -0.2) is 0 Å². The van der Waals surface area contributed by atoms with E-state index in [2.05, 4.69) is 22.5 Å². The van der Waals surface area contributed by atoms with Gasteiger partial charge in [-0.15, -0.1) is 6.58 Å². The number of benzene rings is 1. The highest BCUT2D eigenvalue weighted by atomic mass is 79.9. The Bertz CT molecular complexity index is 374. The minimum Gasteiger partial charge on any atom is -0.390 e. The number of rotatable bonds is 5. The number of allylic oxidation sites excluding steroid dienone is 1. The van der Waals surface area contributed by atoms with Crippen LogP contribution in [0.4, 0.5) is 0 Å². The van der Waals surface area contributed by atoms with Crippen molar-refractivity contribution in [3.05, 3.63) is 45.9 Å². The molecule has 0 aliphatic rings. The molecule has 0 aromatic heterocycles. The smallest absolute Gasteiger partial charge is 0.0663 e. The molecule has 0 bridgehead atoms. The summed E-state index contributed by atoms with van der Waals surface area (Å²) < 4.78 is 0.951. The fourth-order valence-electron chi connectivity index (χ4n) is 1.58. The van der Waals surface area contributed by atoms with Gasteiger partial charge < -0.3 is 5.11 Å². The van der Waals surface area contributed by atoms with Gasteiger partial charge in [-0.05, 0) is 37.5 Å². The molecule has 1 rings (SSSR count). The van der Waals surface area contributed by atoms with Gasteiger partial charge in [-0.2, -0.15) is 0 Å². The minimum atomic E-state index is -0.730. The number of hydrogen-bond donors (Lipinski definition) is 1. The van der Waals surface area contributed by atoms with Gasteiger partial charge in [0.05, 0.1) is 5.60 Å². The minimum absolute atomic E-state index is 0.562. The molecule has 0 saturated carbocycles. The third-order valence-electron chi connectivity index (χ3n) is 2.47. The van der Waals surface area contributed by atoms with Crippen molar-refractivity contribution in [3.63, 3.8) is 0 Å². The summed E-state index contributed by atoms with van der Waals surface area (Å²) in [6.07, 6.45) is 3.88. The van der Waals surface area contributed by atoms with Crippen LogP contribution in [0.1, 0.15) is 25.3 Å². The standard InChI is InChI=1S/C13H16BrClO/c1-3-4-7-13(2,16)9-10-5-6-11(14)8-12(10)15/h3,5-6,8,16H,1,4,7,9H2,2H3. The van der Waals surface area contributed by atoms with Crippen LogP contribution in [0, 0.1) is 0 Å². The van der Waals surface area contributed by atoms with Crippen LogP contribution in [-0.2, 0) is 6.42 Å². The third kappa shape index (κ3) is 4.28. The number of halogens is 2. The molecule has 1 aromatic carbocycles. The van der Waals surface area contributed by atoms with Gasteiger partial charge in [0.2, 0.25) is 0 Å². The predicted molar refractivity (Wildman–Crippen MR) is 72.9 cm³/mol. The van der Waals surface area contributed by atoms with Gasteiger partial charge in [-0.3, -0.25) is 0 Å². The van der Waals surface area contributed by atoms with Crippen molar-refractivity contribution in [1.82, 2.24) is 0 Å². The summed E-state index contributed by atoms with van der Waals surface area (Å²) in [7, 11) is 0. The molecule has 0 aliphatic heterocycles. The van der Waals surface area contributed by atoms with Gasteiger partial charge in [-0.1, -0.05) is 39.7 Å². The Morgan fingerprint density at radius 1 is 1.56 bits per heavy atom. The van der Waals surface area contributed by atoms with Crippen molar-refractivity contribution in [2.24, 2.45) is 0 Å². The lowest BCUT2D eigenvalue weighted by Crippen LogP contribution is -2.26. The second-order valence-electron chi connectivity index (χ2n) is 4.24. The average molecular weight is 304 g/mol. The van der Waals surface area contributed by atoms with E-state index in [1.165, 1.54) is 0 Å². The summed E-state index contributed by atoms with van der Waals surface area (Å²) in [5, 5.41) is 10.9. The molecule has 1 nitrogen and oxygen atoms in total. The molecular weight excluding hydrogens is 287 g/mol. The molecule has 0 radical (unpaired) electrons. The van der Waals surface area contributed by atoms with Crippen LogP contribution in [-0.4, -0.2) is 10.7 Å². The topological polar surface area (TPSA) is 20.2 Å². The molecule has 0 amide bonds. The summed E-state index contributed by atoms with van der Waals surface area (Å²) in [6.45, 7) is 5.48. The van der Waals surface area contributed by atoms with E-state index in [9.17, 15) is 5.11 Å². The first-order valence-electron chi connectivity index (χ1n) is 5.22. The zero-order valence-electron chi connectivity index (χ0n) is 9.34. The molecule has 3 heteroatoms. The Hall–Kier alpha value is -0.310. The van der Waals surface area contributed by atoms with E-state index in [1.807, 2.05) is 31.2 Å². The Morgan fingerprint density at radius 3 is 2.81 bits per heavy atom. The van der Waals surface area contributed by atoms with Crippen LogP contribution < -0.4 is 0 Å². The zero-order chi connectivity index (χ0) is 12.2. The van der Waals surface area contributed by atoms with Crippen LogP contribution in [0.5, 0.6) is 0 Å². The second kappa shape index (κ2) is 5.85. The van der Waals surface area contributed by atoms with E-state index < -0.39 is 5.60 Å². The number of hydrogen-bond acceptors (Lipinski definition) is 1. The van der Waals surface area contributed by atoms with Crippen LogP contribution in [0.2, 0.25) is 5.02 Å². The maximum absolute atomic E-state index is 10.2. The molecule has 0 aliphatic carbocycles. The molecule has 0 fully saturated rings. The van der Waals surface area contributed by atoms with Crippen LogP contribution in [0.3, 0.4) is 0 Å². The molecule has 1 N–H and O–H groups in total. The molecule has 1 atom stereocenters. The summed E-state index contributed by atoms with van der Waals surface area (Å²) in [6, 6.07) is 5.72. The van der Waals surface area contributed by atoms with Gasteiger partial charge in [0, 0.05) is 15.9 Å². The highest BCUT2D eigenvalue weighted by molar-refractivity contribution is 9.10. The first-order valence-corrected chi connectivity index (χ1v) is 6.39. The highest BCUT2D eigenvalue weighted by Crippen LogP contribution is 2.26. The quantitative estimate of drug-likeness (QED) is 0.801. The van der Waals surface area contributed by atoms with E-state index >= 15 is 0 Å². The Morgan fingerprint density at radius 2 is 2.25 bits per heavy atom. The molecule has 1 unspecified atom stereocenters. The molecule has 16 heavy (non-hydrogen) atoms. The van der Waals surface area contributed by atoms with Crippen LogP contribution >= 0.6 is 27.5 Å². The molecule has 0 heterocycles. The maximum atomic E-state index is 10.2. The molecule has 0 spiro atoms. The van der Waals surface area contributed by atoms with Gasteiger partial charge >= 0.3 is 0 Å². The van der Waals surface area contributed by atoms with E-state index in [0.717, 1.165) is 16.5 Å². The van der Waals surface area contributed by atoms with Crippen molar-refractivity contribution >= 4 is 27.5 Å². The maximum Gasteiger partial charge on any atom is 0.0663 e. The highest BCUT2D eigenvalue weighted by Gasteiger charge is 2.21. The third-order valence-corrected chi connectivity index (χ3v) is 3.32. The molecule has 1 aromatic rings. The van der Waals surface area contributed by atoms with Crippen LogP contribution in [0.15, 0.2) is 35.3 Å². The first-order chi connectivity index (χ1) is 7.44. The van der Waals surface area contributed by atoms with Gasteiger partial charge in [0.25, 0.3) is 0 Å². The van der Waals surface area contributed by atoms with Crippen LogP contribution in [0.25, 0.3) is 0 Å². The summed E-state index contributed by atoms with van der Waals surface area (Å²) in [5.41, 5.74) is 0.241. The fraction of sp³-hybridized carbons (Fsp3) is 0.385. The predicted octanol–water partition coefficient (Wildman–Crippen LogP) is 4.36. The Labute approximate surface area is 110 Å². The average Bonchev–Trinajstić information content (AvgIpc) is 2.19. The zero-order valence-corrected chi connectivity index (χ0v) is 11.7. The van der Waals surface area contributed by atoms with Crippen molar-refractivity contribution in [1.29, 1.82) is 0 Å². The molecule has 0 saturated heterocycles. The van der Waals surface area contributed by atoms with Crippen molar-refractivity contribution in [2.75, 3.05) is 0 Å². The summed E-state index contributed by atoms with van der Waals surface area (Å²) in [4.78, 5) is 0. The van der Waals surface area contributed by atoms with Crippen molar-refractivity contribution in [3.8, 4) is 0 Å². The largest absolute Gasteiger partial charge is 0.390 e. The molecular formula is C13H16BrClO. The lowest BCUT2D eigenvalue weighted by molar-refractivity contribution is 0.0523. The van der Waals surface area contributed by atoms with Crippen molar-refractivity contribution in [2.45, 2.75) is 31.8 Å². The Balaban J connectivity index is 2.75. The normalized spacial score (nSPS) is 14.5. The second-order valence-corrected chi connectivity index (χ2v) is 5.56. The number of aliphatic hydroxyl groups is 1. The molecule has 88 valence electrons. The SMILES string of the molecule is C=CCCC(C)(O)Cc1ccc(Br)cc1Cl. The van der Waals surface area contributed by atoms with E-state index in [4.69, 9.17) is 11.6 Å². The fourth-order valence-corrected chi connectivity index (χ4v) is 2.32. The van der Waals surface area contributed by atoms with Crippen molar-refractivity contribution < 1.29 is 5.11 Å². The van der Waals surface area contributed by atoms with Gasteiger partial charge in [0.15, 0.2) is 0 Å². The Kier molecular flexibility index (Phi) is 5.03. The lowest BCUT2D eigenvalue weighted by atomic mass is 9.92.